The van der Waals surface area contributed by atoms with E-state index in [1.54, 1.807) is 7.05 Å². The molecule has 0 aliphatic rings. The van der Waals surface area contributed by atoms with Crippen molar-refractivity contribution in [2.75, 3.05) is 26.7 Å². The number of amides is 2. The molecule has 98 valence electrons. The highest BCUT2D eigenvalue weighted by Gasteiger charge is 2.18. The zero-order chi connectivity index (χ0) is 13.4. The Morgan fingerprint density at radius 2 is 1.94 bits per heavy atom. The van der Waals surface area contributed by atoms with Gasteiger partial charge >= 0.3 is 5.97 Å². The van der Waals surface area contributed by atoms with Crippen LogP contribution in [0.2, 0.25) is 0 Å². The molecular formula is C10H19N3O4. The van der Waals surface area contributed by atoms with Gasteiger partial charge in [-0.05, 0) is 6.92 Å². The van der Waals surface area contributed by atoms with E-state index in [1.165, 1.54) is 11.8 Å². The second kappa shape index (κ2) is 7.61. The molecule has 0 fully saturated rings. The fourth-order valence-electron chi connectivity index (χ4n) is 1.08. The third kappa shape index (κ3) is 6.52. The number of carbonyl (C=O) groups is 3. The molecule has 0 aliphatic heterocycles. The minimum atomic E-state index is -1.14. The third-order valence-corrected chi connectivity index (χ3v) is 2.20. The maximum atomic E-state index is 11.4. The Bertz CT molecular complexity index is 293. The van der Waals surface area contributed by atoms with E-state index in [4.69, 9.17) is 5.11 Å². The summed E-state index contributed by atoms with van der Waals surface area (Å²) < 4.78 is 0. The summed E-state index contributed by atoms with van der Waals surface area (Å²) in [4.78, 5) is 34.4. The van der Waals surface area contributed by atoms with E-state index in [-0.39, 0.29) is 19.0 Å². The highest BCUT2D eigenvalue weighted by Crippen LogP contribution is 1.85. The zero-order valence-corrected chi connectivity index (χ0v) is 10.3. The predicted octanol–water partition coefficient (Wildman–Crippen LogP) is -1.36. The molecular weight excluding hydrogens is 226 g/mol. The lowest BCUT2D eigenvalue weighted by Gasteiger charge is -2.17. The molecule has 17 heavy (non-hydrogen) atoms. The van der Waals surface area contributed by atoms with Crippen LogP contribution in [0.15, 0.2) is 0 Å². The van der Waals surface area contributed by atoms with Gasteiger partial charge in [0.2, 0.25) is 11.8 Å². The maximum Gasteiger partial charge on any atom is 0.327 e. The molecule has 1 atom stereocenters. The van der Waals surface area contributed by atoms with Crippen molar-refractivity contribution in [2.45, 2.75) is 19.9 Å². The third-order valence-electron chi connectivity index (χ3n) is 2.20. The second-order valence-electron chi connectivity index (χ2n) is 3.63. The topological polar surface area (TPSA) is 98.7 Å². The van der Waals surface area contributed by atoms with Crippen LogP contribution in [0.1, 0.15) is 13.8 Å². The van der Waals surface area contributed by atoms with Crippen molar-refractivity contribution in [3.05, 3.63) is 0 Å². The van der Waals surface area contributed by atoms with Gasteiger partial charge in [0.25, 0.3) is 0 Å². The molecule has 2 amide bonds. The number of rotatable bonds is 7. The minimum absolute atomic E-state index is 0.0121. The summed E-state index contributed by atoms with van der Waals surface area (Å²) in [6.45, 7) is 3.74. The van der Waals surface area contributed by atoms with Crippen molar-refractivity contribution in [1.29, 1.82) is 0 Å². The van der Waals surface area contributed by atoms with Gasteiger partial charge in [-0.25, -0.2) is 4.79 Å². The first-order chi connectivity index (χ1) is 7.88. The van der Waals surface area contributed by atoms with Gasteiger partial charge in [0.05, 0.1) is 6.54 Å². The van der Waals surface area contributed by atoms with E-state index in [9.17, 15) is 14.4 Å². The van der Waals surface area contributed by atoms with Crippen LogP contribution in [0.5, 0.6) is 0 Å². The van der Waals surface area contributed by atoms with Crippen molar-refractivity contribution in [3.8, 4) is 0 Å². The first-order valence-corrected chi connectivity index (χ1v) is 5.33. The number of carbonyl (C=O) groups excluding carboxylic acids is 2. The van der Waals surface area contributed by atoms with Gasteiger partial charge in [0.15, 0.2) is 0 Å². The Labute approximate surface area is 100 Å². The van der Waals surface area contributed by atoms with Crippen molar-refractivity contribution < 1.29 is 19.5 Å². The number of aliphatic carboxylic acids is 1. The average Bonchev–Trinajstić information content (AvgIpc) is 2.25. The van der Waals surface area contributed by atoms with Crippen molar-refractivity contribution in [1.82, 2.24) is 15.5 Å². The molecule has 0 saturated heterocycles. The summed E-state index contributed by atoms with van der Waals surface area (Å²) in [6.07, 6.45) is 0. The highest BCUT2D eigenvalue weighted by molar-refractivity contribution is 5.82. The van der Waals surface area contributed by atoms with Gasteiger partial charge in [-0.3, -0.25) is 9.59 Å². The number of carboxylic acids is 1. The quantitative estimate of drug-likeness (QED) is 0.515. The highest BCUT2D eigenvalue weighted by atomic mass is 16.4. The Morgan fingerprint density at radius 3 is 2.35 bits per heavy atom. The monoisotopic (exact) mass is 245 g/mol. The van der Waals surface area contributed by atoms with Crippen LogP contribution in [0.3, 0.4) is 0 Å². The summed E-state index contributed by atoms with van der Waals surface area (Å²) in [5.41, 5.74) is 0. The van der Waals surface area contributed by atoms with E-state index >= 15 is 0 Å². The Morgan fingerprint density at radius 1 is 1.35 bits per heavy atom. The number of nitrogens with one attached hydrogen (secondary N) is 2. The van der Waals surface area contributed by atoms with Gasteiger partial charge in [-0.15, -0.1) is 0 Å². The second-order valence-corrected chi connectivity index (χ2v) is 3.63. The number of carboxylic acid groups (broad SMARTS) is 1. The molecule has 0 aromatic carbocycles. The van der Waals surface area contributed by atoms with E-state index in [2.05, 4.69) is 10.6 Å². The molecule has 1 unspecified atom stereocenters. The van der Waals surface area contributed by atoms with Gasteiger partial charge in [-0.2, -0.15) is 0 Å². The van der Waals surface area contributed by atoms with E-state index < -0.39 is 17.9 Å². The molecule has 0 bridgehead atoms. The normalized spacial score (nSPS) is 11.7. The summed E-state index contributed by atoms with van der Waals surface area (Å²) in [6, 6.07) is -1.02. The van der Waals surface area contributed by atoms with Crippen molar-refractivity contribution >= 4 is 17.8 Å². The molecule has 0 saturated carbocycles. The van der Waals surface area contributed by atoms with Crippen LogP contribution in [-0.4, -0.2) is 60.5 Å². The van der Waals surface area contributed by atoms with Crippen LogP contribution in [0.25, 0.3) is 0 Å². The van der Waals surface area contributed by atoms with E-state index in [1.807, 2.05) is 6.92 Å². The lowest BCUT2D eigenvalue weighted by Crippen LogP contribution is -2.48. The molecule has 0 aliphatic carbocycles. The number of hydrogen-bond donors (Lipinski definition) is 3. The minimum Gasteiger partial charge on any atom is -0.480 e. The van der Waals surface area contributed by atoms with Crippen LogP contribution < -0.4 is 10.6 Å². The molecule has 0 radical (unpaired) electrons. The van der Waals surface area contributed by atoms with Gasteiger partial charge < -0.3 is 20.6 Å². The summed E-state index contributed by atoms with van der Waals surface area (Å²) in [7, 11) is 1.66. The van der Waals surface area contributed by atoms with Crippen molar-refractivity contribution in [3.63, 3.8) is 0 Å². The summed E-state index contributed by atoms with van der Waals surface area (Å²) in [5.74, 6) is -1.68. The first kappa shape index (κ1) is 15.4. The number of hydrogen-bond acceptors (Lipinski definition) is 4. The number of nitrogens with zero attached hydrogens (tertiary/aromatic N) is 1. The average molecular weight is 245 g/mol. The maximum absolute atomic E-state index is 11.4. The molecule has 0 rings (SSSR count). The van der Waals surface area contributed by atoms with Gasteiger partial charge in [-0.1, -0.05) is 0 Å². The van der Waals surface area contributed by atoms with Gasteiger partial charge in [0, 0.05) is 27.1 Å². The lowest BCUT2D eigenvalue weighted by atomic mass is 10.3. The zero-order valence-electron chi connectivity index (χ0n) is 10.3. The Kier molecular flexibility index (Phi) is 6.88. The van der Waals surface area contributed by atoms with Crippen LogP contribution >= 0.6 is 0 Å². The SMILES string of the molecule is CCN(C)C(=O)CNCC(NC(C)=O)C(=O)O. The fraction of sp³-hybridized carbons (Fsp3) is 0.700. The summed E-state index contributed by atoms with van der Waals surface area (Å²) >= 11 is 0. The van der Waals surface area contributed by atoms with Crippen LogP contribution in [-0.2, 0) is 14.4 Å². The number of likely N-dealkylation sites (N-methyl/N-ethyl adjacent to an activating group) is 1. The molecule has 0 spiro atoms. The lowest BCUT2D eigenvalue weighted by molar-refractivity contribution is -0.141. The molecule has 7 heteroatoms. The van der Waals surface area contributed by atoms with E-state index in [0.717, 1.165) is 0 Å². The molecule has 0 aromatic rings. The molecule has 7 nitrogen and oxygen atoms in total. The van der Waals surface area contributed by atoms with E-state index in [0.29, 0.717) is 6.54 Å². The standard InChI is InChI=1S/C10H19N3O4/c1-4-13(3)9(15)6-11-5-8(10(16)17)12-7(2)14/h8,11H,4-6H2,1-3H3,(H,12,14)(H,16,17). The smallest absolute Gasteiger partial charge is 0.327 e. The molecule has 0 heterocycles. The van der Waals surface area contributed by atoms with Crippen LogP contribution in [0, 0.1) is 0 Å². The summed E-state index contributed by atoms with van der Waals surface area (Å²) in [5, 5.41) is 13.8. The largest absolute Gasteiger partial charge is 0.480 e. The molecule has 3 N–H and O–H groups in total. The van der Waals surface area contributed by atoms with Gasteiger partial charge in [0.1, 0.15) is 6.04 Å². The predicted molar refractivity (Wildman–Crippen MR) is 61.4 cm³/mol. The first-order valence-electron chi connectivity index (χ1n) is 5.33. The fourth-order valence-corrected chi connectivity index (χ4v) is 1.08. The Hall–Kier alpha value is -1.63. The van der Waals surface area contributed by atoms with Crippen LogP contribution in [0.4, 0.5) is 0 Å². The van der Waals surface area contributed by atoms with Crippen molar-refractivity contribution in [2.24, 2.45) is 0 Å². The molecule has 0 aromatic heterocycles. The Balaban J connectivity index is 4.02.